The van der Waals surface area contributed by atoms with Gasteiger partial charge in [0, 0.05) is 37.4 Å². The molecule has 0 bridgehead atoms. The Morgan fingerprint density at radius 3 is 2.38 bits per heavy atom. The molecule has 0 aromatic heterocycles. The zero-order chi connectivity index (χ0) is 23.1. The lowest BCUT2D eigenvalue weighted by molar-refractivity contribution is -0.142. The van der Waals surface area contributed by atoms with Crippen molar-refractivity contribution in [2.45, 2.75) is 19.6 Å². The van der Waals surface area contributed by atoms with E-state index in [4.69, 9.17) is 15.3 Å². The number of benzene rings is 2. The summed E-state index contributed by atoms with van der Waals surface area (Å²) in [4.78, 5) is 22.0. The number of rotatable bonds is 8. The van der Waals surface area contributed by atoms with Crippen LogP contribution in [-0.4, -0.2) is 62.6 Å². The standard InChI is InChI=1S/C22H26F2N4O4/c1-15(21(29)28-12-10-27(11-13-28)17-6-4-3-5-7-17)32-26-20(25)16-8-9-18(31-22(23)24)19(14-16)30-2/h3-9,14-15,22H,10-13H2,1-2H3,(H2,25,26). The van der Waals surface area contributed by atoms with E-state index in [1.54, 1.807) is 11.8 Å². The van der Waals surface area contributed by atoms with Gasteiger partial charge in [0.15, 0.2) is 17.3 Å². The fraction of sp³-hybridized carbons (Fsp3) is 0.364. The summed E-state index contributed by atoms with van der Waals surface area (Å²) >= 11 is 0. The van der Waals surface area contributed by atoms with E-state index >= 15 is 0 Å². The van der Waals surface area contributed by atoms with E-state index in [1.807, 2.05) is 30.3 Å². The molecule has 0 radical (unpaired) electrons. The molecule has 0 spiro atoms. The molecule has 172 valence electrons. The summed E-state index contributed by atoms with van der Waals surface area (Å²) in [5, 5.41) is 3.83. The number of anilines is 1. The van der Waals surface area contributed by atoms with Gasteiger partial charge < -0.3 is 29.8 Å². The normalized spacial score (nSPS) is 15.5. The molecule has 3 rings (SSSR count). The first-order valence-electron chi connectivity index (χ1n) is 10.1. The Balaban J connectivity index is 1.56. The van der Waals surface area contributed by atoms with Crippen LogP contribution in [0.25, 0.3) is 0 Å². The molecular formula is C22H26F2N4O4. The molecule has 1 fully saturated rings. The van der Waals surface area contributed by atoms with Crippen molar-refractivity contribution in [3.05, 3.63) is 54.1 Å². The maximum atomic E-state index is 12.7. The SMILES string of the molecule is COc1cc(/C(N)=N/OC(C)C(=O)N2CCN(c3ccccc3)CC2)ccc1OC(F)F. The van der Waals surface area contributed by atoms with Crippen molar-refractivity contribution >= 4 is 17.4 Å². The van der Waals surface area contributed by atoms with Crippen molar-refractivity contribution in [1.29, 1.82) is 0 Å². The number of ether oxygens (including phenoxy) is 2. The maximum absolute atomic E-state index is 12.7. The Labute approximate surface area is 185 Å². The fourth-order valence-electron chi connectivity index (χ4n) is 3.33. The first-order chi connectivity index (χ1) is 15.4. The number of nitrogens with zero attached hydrogens (tertiary/aromatic N) is 3. The van der Waals surface area contributed by atoms with Gasteiger partial charge in [0.25, 0.3) is 5.91 Å². The minimum Gasteiger partial charge on any atom is -0.493 e. The Hall–Kier alpha value is -3.56. The second-order valence-corrected chi connectivity index (χ2v) is 7.12. The molecule has 0 aliphatic carbocycles. The number of methoxy groups -OCH3 is 1. The molecular weight excluding hydrogens is 422 g/mol. The van der Waals surface area contributed by atoms with Gasteiger partial charge in [0.2, 0.25) is 6.10 Å². The Kier molecular flexibility index (Phi) is 7.69. The number of piperazine rings is 1. The van der Waals surface area contributed by atoms with Crippen LogP contribution in [0.3, 0.4) is 0 Å². The summed E-state index contributed by atoms with van der Waals surface area (Å²) < 4.78 is 34.3. The second kappa shape index (κ2) is 10.7. The Bertz CT molecular complexity index is 935. The van der Waals surface area contributed by atoms with Crippen molar-refractivity contribution in [2.24, 2.45) is 10.9 Å². The van der Waals surface area contributed by atoms with Crippen LogP contribution in [0.1, 0.15) is 12.5 Å². The summed E-state index contributed by atoms with van der Waals surface area (Å²) in [6.45, 7) is 1.21. The van der Waals surface area contributed by atoms with E-state index in [0.29, 0.717) is 18.7 Å². The van der Waals surface area contributed by atoms with Gasteiger partial charge in [-0.3, -0.25) is 4.79 Å². The molecule has 1 atom stereocenters. The summed E-state index contributed by atoms with van der Waals surface area (Å²) in [6, 6.07) is 14.2. The monoisotopic (exact) mass is 448 g/mol. The largest absolute Gasteiger partial charge is 0.493 e. The van der Waals surface area contributed by atoms with Crippen LogP contribution < -0.4 is 20.1 Å². The minimum absolute atomic E-state index is 0.0274. The average molecular weight is 448 g/mol. The van der Waals surface area contributed by atoms with Gasteiger partial charge in [-0.05, 0) is 37.3 Å². The molecule has 1 aliphatic heterocycles. The zero-order valence-electron chi connectivity index (χ0n) is 17.9. The topological polar surface area (TPSA) is 89.6 Å². The third kappa shape index (κ3) is 5.77. The molecule has 10 heteroatoms. The van der Waals surface area contributed by atoms with Crippen LogP contribution in [0.5, 0.6) is 11.5 Å². The van der Waals surface area contributed by atoms with E-state index in [1.165, 1.54) is 25.3 Å². The van der Waals surface area contributed by atoms with Gasteiger partial charge in [-0.25, -0.2) is 0 Å². The van der Waals surface area contributed by atoms with Crippen LogP contribution >= 0.6 is 0 Å². The smallest absolute Gasteiger partial charge is 0.387 e. The number of para-hydroxylation sites is 1. The summed E-state index contributed by atoms with van der Waals surface area (Å²) in [6.07, 6.45) is -0.833. The number of hydrogen-bond donors (Lipinski definition) is 1. The number of carbonyl (C=O) groups is 1. The van der Waals surface area contributed by atoms with Crippen molar-refractivity contribution in [2.75, 3.05) is 38.2 Å². The second-order valence-electron chi connectivity index (χ2n) is 7.12. The highest BCUT2D eigenvalue weighted by atomic mass is 19.3. The molecule has 2 aromatic rings. The molecule has 0 saturated carbocycles. The van der Waals surface area contributed by atoms with Gasteiger partial charge in [-0.2, -0.15) is 8.78 Å². The van der Waals surface area contributed by atoms with Crippen molar-refractivity contribution in [1.82, 2.24) is 4.90 Å². The maximum Gasteiger partial charge on any atom is 0.387 e. The van der Waals surface area contributed by atoms with Gasteiger partial charge in [-0.1, -0.05) is 23.4 Å². The van der Waals surface area contributed by atoms with Gasteiger partial charge in [-0.15, -0.1) is 0 Å². The van der Waals surface area contributed by atoms with Crippen LogP contribution in [0.2, 0.25) is 0 Å². The lowest BCUT2D eigenvalue weighted by atomic mass is 10.2. The quantitative estimate of drug-likeness (QED) is 0.380. The molecule has 1 heterocycles. The van der Waals surface area contributed by atoms with Gasteiger partial charge in [0.05, 0.1) is 7.11 Å². The van der Waals surface area contributed by atoms with Crippen LogP contribution in [0.15, 0.2) is 53.7 Å². The molecule has 1 amide bonds. The molecule has 2 aromatic carbocycles. The van der Waals surface area contributed by atoms with Gasteiger partial charge >= 0.3 is 6.61 Å². The van der Waals surface area contributed by atoms with E-state index < -0.39 is 12.7 Å². The highest BCUT2D eigenvalue weighted by molar-refractivity contribution is 5.97. The lowest BCUT2D eigenvalue weighted by Gasteiger charge is -2.36. The molecule has 1 saturated heterocycles. The van der Waals surface area contributed by atoms with Crippen LogP contribution in [0.4, 0.5) is 14.5 Å². The van der Waals surface area contributed by atoms with Crippen molar-refractivity contribution in [3.8, 4) is 11.5 Å². The average Bonchev–Trinajstić information content (AvgIpc) is 2.82. The van der Waals surface area contributed by atoms with Gasteiger partial charge in [0.1, 0.15) is 0 Å². The van der Waals surface area contributed by atoms with E-state index in [9.17, 15) is 13.6 Å². The van der Waals surface area contributed by atoms with Crippen molar-refractivity contribution in [3.63, 3.8) is 0 Å². The van der Waals surface area contributed by atoms with Crippen molar-refractivity contribution < 1.29 is 27.9 Å². The summed E-state index contributed by atoms with van der Waals surface area (Å²) in [5.74, 6) is -0.271. The molecule has 2 N–H and O–H groups in total. The number of halogens is 2. The van der Waals surface area contributed by atoms with E-state index in [-0.39, 0.29) is 23.2 Å². The zero-order valence-corrected chi connectivity index (χ0v) is 17.9. The highest BCUT2D eigenvalue weighted by Crippen LogP contribution is 2.29. The summed E-state index contributed by atoms with van der Waals surface area (Å²) in [7, 11) is 1.32. The number of oxime groups is 1. The number of amidine groups is 1. The number of alkyl halides is 2. The Morgan fingerprint density at radius 2 is 1.75 bits per heavy atom. The first kappa shape index (κ1) is 23.1. The highest BCUT2D eigenvalue weighted by Gasteiger charge is 2.26. The molecule has 1 aliphatic rings. The number of amides is 1. The number of nitrogens with two attached hydrogens (primary N) is 1. The third-order valence-electron chi connectivity index (χ3n) is 5.05. The molecule has 8 nitrogen and oxygen atoms in total. The number of carbonyl (C=O) groups excluding carboxylic acids is 1. The predicted molar refractivity (Wildman–Crippen MR) is 116 cm³/mol. The minimum atomic E-state index is -2.98. The van der Waals surface area contributed by atoms with Crippen LogP contribution in [-0.2, 0) is 9.63 Å². The lowest BCUT2D eigenvalue weighted by Crippen LogP contribution is -2.51. The molecule has 32 heavy (non-hydrogen) atoms. The molecule has 1 unspecified atom stereocenters. The van der Waals surface area contributed by atoms with Crippen LogP contribution in [0, 0.1) is 0 Å². The summed E-state index contributed by atoms with van der Waals surface area (Å²) in [5.41, 5.74) is 7.43. The third-order valence-corrected chi connectivity index (χ3v) is 5.05. The number of hydrogen-bond acceptors (Lipinski definition) is 6. The first-order valence-corrected chi connectivity index (χ1v) is 10.1. The van der Waals surface area contributed by atoms with E-state index in [2.05, 4.69) is 14.8 Å². The predicted octanol–water partition coefficient (Wildman–Crippen LogP) is 2.67. The van der Waals surface area contributed by atoms with E-state index in [0.717, 1.165) is 18.8 Å². The fourth-order valence-corrected chi connectivity index (χ4v) is 3.33. The Morgan fingerprint density at radius 1 is 1.06 bits per heavy atom.